The lowest BCUT2D eigenvalue weighted by Crippen LogP contribution is -2.35. The molecule has 1 heterocycles. The van der Waals surface area contributed by atoms with Gasteiger partial charge in [0.2, 0.25) is 5.79 Å². The second-order valence-corrected chi connectivity index (χ2v) is 5.73. The lowest BCUT2D eigenvalue weighted by molar-refractivity contribution is -0.172. The number of hydrogen-bond donors (Lipinski definition) is 1. The van der Waals surface area contributed by atoms with Crippen molar-refractivity contribution in [2.45, 2.75) is 12.0 Å². The number of nitrogens with zero attached hydrogens (tertiary/aromatic N) is 1. The smallest absolute Gasteiger partial charge is 0.239 e. The fraction of sp³-hybridized carbons (Fsp3) is 0.0952. The Morgan fingerprint density at radius 3 is 1.92 bits per heavy atom. The molecule has 0 spiro atoms. The predicted octanol–water partition coefficient (Wildman–Crippen LogP) is 4.05. The van der Waals surface area contributed by atoms with Crippen molar-refractivity contribution in [3.05, 3.63) is 108 Å². The van der Waals surface area contributed by atoms with Crippen molar-refractivity contribution in [2.24, 2.45) is 4.99 Å². The summed E-state index contributed by atoms with van der Waals surface area (Å²) < 4.78 is 6.04. The zero-order valence-electron chi connectivity index (χ0n) is 13.0. The number of aliphatic imine (C=N–C) groups is 1. The zero-order chi connectivity index (χ0) is 16.4. The highest BCUT2D eigenvalue weighted by Gasteiger charge is 2.45. The van der Waals surface area contributed by atoms with Crippen LogP contribution in [0.1, 0.15) is 22.9 Å². The maximum atomic E-state index is 11.4. The molecule has 0 fully saturated rings. The fourth-order valence-corrected chi connectivity index (χ4v) is 2.94. The molecule has 3 aromatic rings. The average molecular weight is 315 g/mol. The molecule has 1 N–H and O–H groups in total. The highest BCUT2D eigenvalue weighted by Crippen LogP contribution is 2.40. The van der Waals surface area contributed by atoms with Crippen molar-refractivity contribution in [2.75, 3.05) is 0 Å². The van der Waals surface area contributed by atoms with Crippen LogP contribution in [0.5, 0.6) is 0 Å². The lowest BCUT2D eigenvalue weighted by atomic mass is 9.96. The summed E-state index contributed by atoms with van der Waals surface area (Å²) in [5, 5.41) is 11.4. The van der Waals surface area contributed by atoms with Gasteiger partial charge in [0.05, 0.1) is 0 Å². The summed E-state index contributed by atoms with van der Waals surface area (Å²) in [6, 6.07) is 28.8. The van der Waals surface area contributed by atoms with Gasteiger partial charge in [-0.25, -0.2) is 4.99 Å². The molecule has 24 heavy (non-hydrogen) atoms. The molecule has 0 saturated carbocycles. The van der Waals surface area contributed by atoms with Crippen LogP contribution in [0.2, 0.25) is 0 Å². The molecular weight excluding hydrogens is 298 g/mol. The summed E-state index contributed by atoms with van der Waals surface area (Å²) in [5.41, 5.74) is 2.97. The summed E-state index contributed by atoms with van der Waals surface area (Å²) >= 11 is 0. The van der Waals surface area contributed by atoms with Crippen LogP contribution < -0.4 is 0 Å². The van der Waals surface area contributed by atoms with Crippen LogP contribution in [-0.2, 0) is 10.5 Å². The topological polar surface area (TPSA) is 41.8 Å². The summed E-state index contributed by atoms with van der Waals surface area (Å²) in [5.74, 6) is -1.57. The first-order valence-electron chi connectivity index (χ1n) is 7.92. The second kappa shape index (κ2) is 6.04. The van der Waals surface area contributed by atoms with Gasteiger partial charge in [0.1, 0.15) is 5.71 Å². The summed E-state index contributed by atoms with van der Waals surface area (Å²) in [4.78, 5) is 4.70. The Hall–Kier alpha value is -2.75. The van der Waals surface area contributed by atoms with Gasteiger partial charge in [0.25, 0.3) is 0 Å². The number of aliphatic hydroxyl groups is 1. The highest BCUT2D eigenvalue weighted by molar-refractivity contribution is 6.07. The van der Waals surface area contributed by atoms with E-state index in [1.807, 2.05) is 91.0 Å². The predicted molar refractivity (Wildman–Crippen MR) is 93.6 cm³/mol. The Balaban J connectivity index is 1.83. The Bertz CT molecular complexity index is 847. The minimum absolute atomic E-state index is 0.531. The van der Waals surface area contributed by atoms with Gasteiger partial charge in [-0.05, 0) is 0 Å². The SMILES string of the molecule is O[C@@]1(c2ccccc2)O[C@@H](c2ccccc2)N=C1c1ccccc1. The first kappa shape index (κ1) is 14.8. The highest BCUT2D eigenvalue weighted by atomic mass is 16.6. The number of hydrogen-bond acceptors (Lipinski definition) is 3. The van der Waals surface area contributed by atoms with E-state index in [1.165, 1.54) is 0 Å². The third kappa shape index (κ3) is 2.54. The van der Waals surface area contributed by atoms with Gasteiger partial charge in [-0.2, -0.15) is 0 Å². The molecule has 0 amide bonds. The molecule has 0 bridgehead atoms. The Kier molecular flexibility index (Phi) is 3.73. The van der Waals surface area contributed by atoms with Crippen LogP contribution in [0.15, 0.2) is 96.0 Å². The van der Waals surface area contributed by atoms with Crippen LogP contribution in [0, 0.1) is 0 Å². The van der Waals surface area contributed by atoms with Crippen LogP contribution in [0.4, 0.5) is 0 Å². The van der Waals surface area contributed by atoms with Gasteiger partial charge in [0, 0.05) is 16.7 Å². The standard InChI is InChI=1S/C21H17NO2/c23-21(18-14-8-3-9-15-18)19(16-10-4-1-5-11-16)22-20(24-21)17-12-6-2-7-13-17/h1-15,20,23H/t20-,21-/m0/s1. The molecule has 3 aromatic carbocycles. The zero-order valence-corrected chi connectivity index (χ0v) is 13.0. The molecular formula is C21H17NO2. The molecule has 0 radical (unpaired) electrons. The monoisotopic (exact) mass is 315 g/mol. The van der Waals surface area contributed by atoms with Crippen molar-refractivity contribution in [1.82, 2.24) is 0 Å². The first-order chi connectivity index (χ1) is 11.8. The maximum absolute atomic E-state index is 11.4. The van der Waals surface area contributed by atoms with E-state index in [4.69, 9.17) is 9.73 Å². The summed E-state index contributed by atoms with van der Waals surface area (Å²) in [6.45, 7) is 0. The molecule has 0 saturated heterocycles. The van der Waals surface area contributed by atoms with Crippen molar-refractivity contribution in [1.29, 1.82) is 0 Å². The van der Waals surface area contributed by atoms with Gasteiger partial charge in [-0.1, -0.05) is 91.0 Å². The Morgan fingerprint density at radius 2 is 1.29 bits per heavy atom. The van der Waals surface area contributed by atoms with Crippen LogP contribution in [0.25, 0.3) is 0 Å². The van der Waals surface area contributed by atoms with E-state index in [2.05, 4.69) is 0 Å². The van der Waals surface area contributed by atoms with Crippen molar-refractivity contribution in [3.8, 4) is 0 Å². The molecule has 1 aliphatic heterocycles. The van der Waals surface area contributed by atoms with E-state index >= 15 is 0 Å². The van der Waals surface area contributed by atoms with Gasteiger partial charge >= 0.3 is 0 Å². The fourth-order valence-electron chi connectivity index (χ4n) is 2.94. The van der Waals surface area contributed by atoms with Crippen LogP contribution in [-0.4, -0.2) is 10.8 Å². The van der Waals surface area contributed by atoms with E-state index in [0.717, 1.165) is 11.1 Å². The quantitative estimate of drug-likeness (QED) is 0.792. The van der Waals surface area contributed by atoms with E-state index < -0.39 is 12.0 Å². The summed E-state index contributed by atoms with van der Waals surface area (Å²) in [6.07, 6.45) is -0.536. The third-order valence-electron chi connectivity index (χ3n) is 4.15. The molecule has 0 unspecified atom stereocenters. The average Bonchev–Trinajstić information content (AvgIpc) is 3.03. The normalized spacial score (nSPS) is 23.0. The third-order valence-corrected chi connectivity index (χ3v) is 4.15. The molecule has 3 heteroatoms. The lowest BCUT2D eigenvalue weighted by Gasteiger charge is -2.25. The number of benzene rings is 3. The van der Waals surface area contributed by atoms with E-state index in [1.54, 1.807) is 0 Å². The van der Waals surface area contributed by atoms with Crippen molar-refractivity contribution in [3.63, 3.8) is 0 Å². The van der Waals surface area contributed by atoms with Crippen molar-refractivity contribution >= 4 is 5.71 Å². The van der Waals surface area contributed by atoms with Gasteiger partial charge in [-0.15, -0.1) is 0 Å². The molecule has 1 aliphatic rings. The number of ether oxygens (including phenoxy) is 1. The molecule has 0 aromatic heterocycles. The molecule has 4 rings (SSSR count). The van der Waals surface area contributed by atoms with E-state index in [9.17, 15) is 5.11 Å². The molecule has 2 atom stereocenters. The minimum atomic E-state index is -1.57. The minimum Gasteiger partial charge on any atom is -0.357 e. The van der Waals surface area contributed by atoms with Gasteiger partial charge < -0.3 is 9.84 Å². The van der Waals surface area contributed by atoms with E-state index in [0.29, 0.717) is 11.3 Å². The first-order valence-corrected chi connectivity index (χ1v) is 7.92. The summed E-state index contributed by atoms with van der Waals surface area (Å²) in [7, 11) is 0. The van der Waals surface area contributed by atoms with Crippen molar-refractivity contribution < 1.29 is 9.84 Å². The molecule has 118 valence electrons. The Morgan fingerprint density at radius 1 is 0.750 bits per heavy atom. The van der Waals surface area contributed by atoms with Gasteiger partial charge in [-0.3, -0.25) is 0 Å². The second-order valence-electron chi connectivity index (χ2n) is 5.73. The Labute approximate surface area is 140 Å². The largest absolute Gasteiger partial charge is 0.357 e. The van der Waals surface area contributed by atoms with Crippen LogP contribution >= 0.6 is 0 Å². The number of rotatable bonds is 3. The molecule has 3 nitrogen and oxygen atoms in total. The van der Waals surface area contributed by atoms with Gasteiger partial charge in [0.15, 0.2) is 6.23 Å². The molecule has 0 aliphatic carbocycles. The maximum Gasteiger partial charge on any atom is 0.239 e. The van der Waals surface area contributed by atoms with Crippen LogP contribution in [0.3, 0.4) is 0 Å². The van der Waals surface area contributed by atoms with E-state index in [-0.39, 0.29) is 0 Å².